The van der Waals surface area contributed by atoms with E-state index < -0.39 is 0 Å². The van der Waals surface area contributed by atoms with Crippen LogP contribution in [0.4, 0.5) is 5.69 Å². The lowest BCUT2D eigenvalue weighted by Crippen LogP contribution is -2.45. The molecule has 2 rings (SSSR count). The minimum Gasteiger partial charge on any atom is -0.335 e. The summed E-state index contributed by atoms with van der Waals surface area (Å²) < 4.78 is 0. The van der Waals surface area contributed by atoms with Gasteiger partial charge in [0.15, 0.2) is 0 Å². The third-order valence-electron chi connectivity index (χ3n) is 5.28. The van der Waals surface area contributed by atoms with Gasteiger partial charge in [-0.2, -0.15) is 0 Å². The number of nitrogens with zero attached hydrogens (tertiary/aromatic N) is 1. The summed E-state index contributed by atoms with van der Waals surface area (Å²) in [5.74, 6) is 0.356. The van der Waals surface area contributed by atoms with Gasteiger partial charge in [0.2, 0.25) is 11.8 Å². The summed E-state index contributed by atoms with van der Waals surface area (Å²) in [6.07, 6.45) is 2.48. The number of benzene rings is 1. The van der Waals surface area contributed by atoms with Gasteiger partial charge in [-0.25, -0.2) is 0 Å². The zero-order chi connectivity index (χ0) is 17.9. The quantitative estimate of drug-likeness (QED) is 0.887. The van der Waals surface area contributed by atoms with Crippen molar-refractivity contribution in [1.82, 2.24) is 4.90 Å². The summed E-state index contributed by atoms with van der Waals surface area (Å²) in [5, 5.41) is 3.08. The molecule has 4 nitrogen and oxygen atoms in total. The number of amides is 2. The van der Waals surface area contributed by atoms with Crippen LogP contribution in [0, 0.1) is 11.8 Å². The Morgan fingerprint density at radius 2 is 1.88 bits per heavy atom. The van der Waals surface area contributed by atoms with Crippen LogP contribution in [0.5, 0.6) is 0 Å². The highest BCUT2D eigenvalue weighted by molar-refractivity contribution is 5.93. The molecule has 132 valence electrons. The van der Waals surface area contributed by atoms with Crippen LogP contribution in [0.3, 0.4) is 0 Å². The molecule has 1 aliphatic rings. The summed E-state index contributed by atoms with van der Waals surface area (Å²) in [4.78, 5) is 26.8. The molecule has 1 aromatic rings. The fourth-order valence-corrected chi connectivity index (χ4v) is 3.08. The molecule has 1 aliphatic heterocycles. The van der Waals surface area contributed by atoms with E-state index in [-0.39, 0.29) is 29.7 Å². The summed E-state index contributed by atoms with van der Waals surface area (Å²) in [5.41, 5.74) is 3.22. The van der Waals surface area contributed by atoms with Crippen LogP contribution in [-0.4, -0.2) is 22.8 Å². The maximum Gasteiger partial charge on any atom is 0.227 e. The molecule has 1 heterocycles. The molecular formula is C20H30N2O2. The first-order valence-corrected chi connectivity index (χ1v) is 9.11. The van der Waals surface area contributed by atoms with Gasteiger partial charge in [0, 0.05) is 30.1 Å². The zero-order valence-electron chi connectivity index (χ0n) is 15.6. The number of rotatable bonds is 5. The molecule has 2 amide bonds. The molecule has 0 bridgehead atoms. The normalized spacial score (nSPS) is 19.4. The van der Waals surface area contributed by atoms with Gasteiger partial charge in [0.25, 0.3) is 0 Å². The third kappa shape index (κ3) is 3.80. The monoisotopic (exact) mass is 330 g/mol. The fourth-order valence-electron chi connectivity index (χ4n) is 3.08. The second-order valence-corrected chi connectivity index (χ2v) is 7.07. The standard InChI is InChI=1S/C20H30N2O2/c1-6-13(3)19(23)21-18-10-8-9-16-12-22(15(5)11-17(16)18)20(24)14(4)7-2/h8-10,13-15H,6-7,11-12H2,1-5H3,(H,21,23)/t13-,14-,15-/m0/s1. The molecule has 4 heteroatoms. The van der Waals surface area contributed by atoms with E-state index in [2.05, 4.69) is 18.3 Å². The van der Waals surface area contributed by atoms with Crippen molar-refractivity contribution < 1.29 is 9.59 Å². The minimum absolute atomic E-state index is 0.00495. The zero-order valence-corrected chi connectivity index (χ0v) is 15.6. The Morgan fingerprint density at radius 3 is 2.50 bits per heavy atom. The Labute approximate surface area is 145 Å². The molecule has 3 atom stereocenters. The average Bonchev–Trinajstić information content (AvgIpc) is 2.59. The van der Waals surface area contributed by atoms with E-state index in [1.54, 1.807) is 0 Å². The van der Waals surface area contributed by atoms with Crippen molar-refractivity contribution in [2.75, 3.05) is 5.32 Å². The third-order valence-corrected chi connectivity index (χ3v) is 5.28. The Morgan fingerprint density at radius 1 is 1.21 bits per heavy atom. The highest BCUT2D eigenvalue weighted by Gasteiger charge is 2.30. The van der Waals surface area contributed by atoms with Gasteiger partial charge >= 0.3 is 0 Å². The van der Waals surface area contributed by atoms with Gasteiger partial charge in [0.1, 0.15) is 0 Å². The van der Waals surface area contributed by atoms with Crippen LogP contribution in [0.15, 0.2) is 18.2 Å². The number of hydrogen-bond donors (Lipinski definition) is 1. The number of carbonyl (C=O) groups excluding carboxylic acids is 2. The second-order valence-electron chi connectivity index (χ2n) is 7.07. The van der Waals surface area contributed by atoms with Crippen molar-refractivity contribution in [1.29, 1.82) is 0 Å². The van der Waals surface area contributed by atoms with Gasteiger partial charge < -0.3 is 10.2 Å². The van der Waals surface area contributed by atoms with E-state index >= 15 is 0 Å². The summed E-state index contributed by atoms with van der Waals surface area (Å²) in [6, 6.07) is 6.16. The first kappa shape index (κ1) is 18.5. The van der Waals surface area contributed by atoms with Crippen molar-refractivity contribution in [3.05, 3.63) is 29.3 Å². The van der Waals surface area contributed by atoms with Crippen LogP contribution >= 0.6 is 0 Å². The minimum atomic E-state index is 0.00495. The number of anilines is 1. The van der Waals surface area contributed by atoms with Gasteiger partial charge in [-0.3, -0.25) is 9.59 Å². The molecule has 1 N–H and O–H groups in total. The van der Waals surface area contributed by atoms with Gasteiger partial charge in [-0.05, 0) is 43.4 Å². The Hall–Kier alpha value is -1.84. The molecular weight excluding hydrogens is 300 g/mol. The van der Waals surface area contributed by atoms with Gasteiger partial charge in [-0.15, -0.1) is 0 Å². The number of hydrogen-bond acceptors (Lipinski definition) is 2. The van der Waals surface area contributed by atoms with Crippen molar-refractivity contribution in [2.45, 2.75) is 66.5 Å². The largest absolute Gasteiger partial charge is 0.335 e. The first-order chi connectivity index (χ1) is 11.4. The van der Waals surface area contributed by atoms with E-state index in [0.29, 0.717) is 6.54 Å². The molecule has 0 aromatic heterocycles. The highest BCUT2D eigenvalue weighted by Crippen LogP contribution is 2.30. The lowest BCUT2D eigenvalue weighted by Gasteiger charge is -2.37. The molecule has 0 radical (unpaired) electrons. The molecule has 0 saturated heterocycles. The van der Waals surface area contributed by atoms with Crippen LogP contribution in [0.2, 0.25) is 0 Å². The van der Waals surface area contributed by atoms with Gasteiger partial charge in [0.05, 0.1) is 0 Å². The van der Waals surface area contributed by atoms with Crippen LogP contribution < -0.4 is 5.32 Å². The molecule has 1 aromatic carbocycles. The molecule has 0 saturated carbocycles. The lowest BCUT2D eigenvalue weighted by atomic mass is 9.91. The number of fused-ring (bicyclic) bond motifs is 1. The van der Waals surface area contributed by atoms with E-state index in [4.69, 9.17) is 0 Å². The van der Waals surface area contributed by atoms with Crippen LogP contribution in [0.25, 0.3) is 0 Å². The molecule has 0 fully saturated rings. The number of carbonyl (C=O) groups is 2. The van der Waals surface area contributed by atoms with Crippen molar-refractivity contribution >= 4 is 17.5 Å². The SMILES string of the molecule is CC[C@H](C)C(=O)Nc1cccc2c1C[C@H](C)N(C(=O)[C@@H](C)CC)C2. The predicted octanol–water partition coefficient (Wildman–Crippen LogP) is 3.99. The molecule has 0 aliphatic carbocycles. The lowest BCUT2D eigenvalue weighted by molar-refractivity contribution is -0.138. The maximum absolute atomic E-state index is 12.6. The Bertz CT molecular complexity index is 612. The molecule has 0 unspecified atom stereocenters. The second kappa shape index (κ2) is 7.82. The fraction of sp³-hybridized carbons (Fsp3) is 0.600. The van der Waals surface area contributed by atoms with Crippen molar-refractivity contribution in [3.8, 4) is 0 Å². The summed E-state index contributed by atoms with van der Waals surface area (Å²) in [7, 11) is 0. The smallest absolute Gasteiger partial charge is 0.227 e. The van der Waals surface area contributed by atoms with Crippen molar-refractivity contribution in [3.63, 3.8) is 0 Å². The Kier molecular flexibility index (Phi) is 6.03. The Balaban J connectivity index is 2.23. The van der Waals surface area contributed by atoms with Gasteiger partial charge in [-0.1, -0.05) is 39.8 Å². The topological polar surface area (TPSA) is 49.4 Å². The summed E-state index contributed by atoms with van der Waals surface area (Å²) in [6.45, 7) is 10.7. The average molecular weight is 330 g/mol. The van der Waals surface area contributed by atoms with Crippen molar-refractivity contribution in [2.24, 2.45) is 11.8 Å². The molecule has 24 heavy (non-hydrogen) atoms. The van der Waals surface area contributed by atoms with E-state index in [9.17, 15) is 9.59 Å². The highest BCUT2D eigenvalue weighted by atomic mass is 16.2. The molecule has 0 spiro atoms. The van der Waals surface area contributed by atoms with Crippen LogP contribution in [0.1, 0.15) is 58.6 Å². The number of nitrogens with one attached hydrogen (secondary N) is 1. The van der Waals surface area contributed by atoms with E-state index in [1.807, 2.05) is 44.7 Å². The van der Waals surface area contributed by atoms with Crippen LogP contribution in [-0.2, 0) is 22.6 Å². The van der Waals surface area contributed by atoms with E-state index in [1.165, 1.54) is 5.56 Å². The van der Waals surface area contributed by atoms with E-state index in [0.717, 1.165) is 30.5 Å². The predicted molar refractivity (Wildman–Crippen MR) is 97.7 cm³/mol. The first-order valence-electron chi connectivity index (χ1n) is 9.11. The summed E-state index contributed by atoms with van der Waals surface area (Å²) >= 11 is 0. The maximum atomic E-state index is 12.6.